The van der Waals surface area contributed by atoms with E-state index in [9.17, 15) is 0 Å². The summed E-state index contributed by atoms with van der Waals surface area (Å²) in [5, 5.41) is 1.23. The number of hydrogen-bond donors (Lipinski definition) is 0. The second-order valence-corrected chi connectivity index (χ2v) is 5.33. The number of thioether (sulfide) groups is 1. The maximum Gasteiger partial charge on any atom is 0.218 e. The van der Waals surface area contributed by atoms with Gasteiger partial charge < -0.3 is 26.6 Å². The van der Waals surface area contributed by atoms with Crippen LogP contribution in [0.15, 0.2) is 16.1 Å². The molecule has 0 amide bonds. The van der Waals surface area contributed by atoms with Crippen molar-refractivity contribution in [3.63, 3.8) is 0 Å². The molecule has 1 unspecified atom stereocenters. The summed E-state index contributed by atoms with van der Waals surface area (Å²) in [4.78, 5) is 4.31. The van der Waals surface area contributed by atoms with Crippen molar-refractivity contribution in [3.05, 3.63) is 11.1 Å². The van der Waals surface area contributed by atoms with Crippen LogP contribution in [0.2, 0.25) is 0 Å². The van der Waals surface area contributed by atoms with Gasteiger partial charge in [-0.15, -0.1) is 0 Å². The molecule has 7 heteroatoms. The van der Waals surface area contributed by atoms with Crippen LogP contribution in [0, 0.1) is 0 Å². The Kier molecular flexibility index (Phi) is 5.94. The fourth-order valence-electron chi connectivity index (χ4n) is 1.87. The Morgan fingerprint density at radius 3 is 2.61 bits per heavy atom. The minimum atomic E-state index is -0.206. The number of halogens is 1. The number of methoxy groups -OCH3 is 2. The van der Waals surface area contributed by atoms with Crippen LogP contribution in [0.5, 0.6) is 0 Å². The zero-order valence-electron chi connectivity index (χ0n) is 10.9. The number of nitrogens with zero attached hydrogens (tertiary/aromatic N) is 2. The van der Waals surface area contributed by atoms with Crippen molar-refractivity contribution >= 4 is 17.7 Å². The smallest absolute Gasteiger partial charge is 0.218 e. The number of morpholine rings is 1. The van der Waals surface area contributed by atoms with E-state index in [2.05, 4.69) is 12.0 Å². The lowest BCUT2D eigenvalue weighted by molar-refractivity contribution is -0.873. The van der Waals surface area contributed by atoms with Gasteiger partial charge in [-0.05, 0) is 11.8 Å². The molecule has 18 heavy (non-hydrogen) atoms. The van der Waals surface area contributed by atoms with Gasteiger partial charge in [0.05, 0.1) is 33.4 Å². The normalized spacial score (nSPS) is 26.7. The number of ether oxygens (including phenoxy) is 3. The summed E-state index contributed by atoms with van der Waals surface area (Å²) in [6.07, 6.45) is 2.01. The van der Waals surface area contributed by atoms with Gasteiger partial charge in [0, 0.05) is 7.11 Å². The molecule has 0 radical (unpaired) electrons. The van der Waals surface area contributed by atoms with Crippen LogP contribution >= 0.6 is 11.8 Å². The Morgan fingerprint density at radius 1 is 1.39 bits per heavy atom. The molecule has 0 aromatic carbocycles. The lowest BCUT2D eigenvalue weighted by Gasteiger charge is -2.39. The van der Waals surface area contributed by atoms with Crippen molar-refractivity contribution in [3.8, 4) is 0 Å². The third-order valence-corrected chi connectivity index (χ3v) is 4.40. The minimum Gasteiger partial charge on any atom is -1.00 e. The van der Waals surface area contributed by atoms with Gasteiger partial charge in [0.1, 0.15) is 13.1 Å². The zero-order chi connectivity index (χ0) is 12.3. The van der Waals surface area contributed by atoms with Crippen LogP contribution in [0.3, 0.4) is 0 Å². The molecule has 0 N–H and O–H groups in total. The Morgan fingerprint density at radius 2 is 2.06 bits per heavy atom. The zero-order valence-corrected chi connectivity index (χ0v) is 12.5. The highest BCUT2D eigenvalue weighted by atomic mass is 35.5. The lowest BCUT2D eigenvalue weighted by Crippen LogP contribution is -3.00. The first-order valence-corrected chi connectivity index (χ1v) is 6.52. The molecule has 0 bridgehead atoms. The molecule has 1 atom stereocenters. The van der Waals surface area contributed by atoms with Crippen molar-refractivity contribution in [2.24, 2.45) is 4.99 Å². The van der Waals surface area contributed by atoms with Gasteiger partial charge >= 0.3 is 0 Å². The number of likely N-dealkylation sites (N-methyl/N-ethyl adjacent to an activating group) is 1. The summed E-state index contributed by atoms with van der Waals surface area (Å²) in [5.74, 6) is 0.636. The first-order chi connectivity index (χ1) is 8.18. The van der Waals surface area contributed by atoms with Crippen LogP contribution in [-0.4, -0.2) is 63.5 Å². The van der Waals surface area contributed by atoms with Gasteiger partial charge in [-0.2, -0.15) is 0 Å². The lowest BCUT2D eigenvalue weighted by atomic mass is 10.3. The summed E-state index contributed by atoms with van der Waals surface area (Å²) in [5.41, 5.74) is -0.206. The quantitative estimate of drug-likeness (QED) is 0.554. The molecule has 5 nitrogen and oxygen atoms in total. The summed E-state index contributed by atoms with van der Waals surface area (Å²) in [7, 11) is 5.51. The highest BCUT2D eigenvalue weighted by Crippen LogP contribution is 2.34. The van der Waals surface area contributed by atoms with Crippen molar-refractivity contribution in [2.75, 3.05) is 47.6 Å². The molecular formula is C11H19ClN2O3S. The SMILES string of the molecule is COC1=NC(OC)SC([N+]2(C)CCOCC2)=C1.[Cl-]. The van der Waals surface area contributed by atoms with Crippen LogP contribution in [0.25, 0.3) is 0 Å². The predicted molar refractivity (Wildman–Crippen MR) is 67.7 cm³/mol. The van der Waals surface area contributed by atoms with E-state index in [0.717, 1.165) is 30.8 Å². The summed E-state index contributed by atoms with van der Waals surface area (Å²) in [6.45, 7) is 3.55. The van der Waals surface area contributed by atoms with Crippen molar-refractivity contribution in [2.45, 2.75) is 5.56 Å². The van der Waals surface area contributed by atoms with E-state index in [-0.39, 0.29) is 18.0 Å². The molecule has 1 fully saturated rings. The molecule has 2 aliphatic heterocycles. The van der Waals surface area contributed by atoms with E-state index >= 15 is 0 Å². The van der Waals surface area contributed by atoms with Gasteiger partial charge in [0.2, 0.25) is 11.5 Å². The maximum absolute atomic E-state index is 5.42. The molecule has 0 saturated carbocycles. The summed E-state index contributed by atoms with van der Waals surface area (Å²) >= 11 is 1.64. The number of aliphatic imine (C=N–C) groups is 1. The third-order valence-electron chi connectivity index (χ3n) is 3.10. The second kappa shape index (κ2) is 6.77. The van der Waals surface area contributed by atoms with Crippen molar-refractivity contribution in [1.82, 2.24) is 0 Å². The molecule has 0 aromatic rings. The van der Waals surface area contributed by atoms with Crippen LogP contribution in [0.4, 0.5) is 0 Å². The standard InChI is InChI=1S/C11H19N2O3S.ClH/c1-13(4-6-16-7-5-13)10-8-9(14-2)12-11(15-3)17-10;/h8,11H,4-7H2,1-3H3;1H/q+1;/p-1. The largest absolute Gasteiger partial charge is 1.00 e. The third kappa shape index (κ3) is 3.39. The molecule has 2 aliphatic rings. The molecule has 1 saturated heterocycles. The highest BCUT2D eigenvalue weighted by Gasteiger charge is 2.35. The molecule has 2 heterocycles. The summed E-state index contributed by atoms with van der Waals surface area (Å²) < 4.78 is 16.8. The number of rotatable bonds is 2. The topological polar surface area (TPSA) is 40.0 Å². The minimum absolute atomic E-state index is 0. The Hall–Kier alpha value is -0.270. The van der Waals surface area contributed by atoms with Crippen LogP contribution in [-0.2, 0) is 14.2 Å². The van der Waals surface area contributed by atoms with Crippen LogP contribution < -0.4 is 12.4 Å². The van der Waals surface area contributed by atoms with Gasteiger partial charge in [0.25, 0.3) is 0 Å². The van der Waals surface area contributed by atoms with E-state index in [1.165, 1.54) is 5.03 Å². The highest BCUT2D eigenvalue weighted by molar-refractivity contribution is 8.03. The van der Waals surface area contributed by atoms with Gasteiger partial charge in [-0.3, -0.25) is 4.48 Å². The van der Waals surface area contributed by atoms with Gasteiger partial charge in [0.15, 0.2) is 5.03 Å². The van der Waals surface area contributed by atoms with E-state index in [4.69, 9.17) is 14.2 Å². The predicted octanol–water partition coefficient (Wildman–Crippen LogP) is -1.97. The average molecular weight is 295 g/mol. The van der Waals surface area contributed by atoms with E-state index in [1.807, 2.05) is 6.08 Å². The average Bonchev–Trinajstić information content (AvgIpc) is 2.39. The first kappa shape index (κ1) is 15.8. The van der Waals surface area contributed by atoms with E-state index in [1.54, 1.807) is 26.0 Å². The fourth-order valence-corrected chi connectivity index (χ4v) is 2.94. The molecule has 0 aromatic heterocycles. The first-order valence-electron chi connectivity index (χ1n) is 5.64. The molecule has 104 valence electrons. The van der Waals surface area contributed by atoms with E-state index in [0.29, 0.717) is 5.90 Å². The maximum atomic E-state index is 5.42. The molecular weight excluding hydrogens is 276 g/mol. The summed E-state index contributed by atoms with van der Waals surface area (Å²) in [6, 6.07) is 0. The number of quaternary nitrogens is 1. The fraction of sp³-hybridized carbons (Fsp3) is 0.727. The van der Waals surface area contributed by atoms with Gasteiger partial charge in [-0.1, -0.05) is 0 Å². The molecule has 0 aliphatic carbocycles. The van der Waals surface area contributed by atoms with E-state index < -0.39 is 0 Å². The van der Waals surface area contributed by atoms with Crippen LogP contribution in [0.1, 0.15) is 0 Å². The Labute approximate surface area is 118 Å². The van der Waals surface area contributed by atoms with Crippen molar-refractivity contribution in [1.29, 1.82) is 0 Å². The van der Waals surface area contributed by atoms with Crippen molar-refractivity contribution < 1.29 is 31.1 Å². The molecule has 0 spiro atoms. The number of hydrogen-bond acceptors (Lipinski definition) is 5. The second-order valence-electron chi connectivity index (χ2n) is 4.27. The monoisotopic (exact) mass is 294 g/mol. The molecule has 2 rings (SSSR count). The Balaban J connectivity index is 0.00000162. The Bertz CT molecular complexity index is 343. The van der Waals surface area contributed by atoms with Gasteiger partial charge in [-0.25, -0.2) is 4.99 Å².